The number of ether oxygens (including phenoxy) is 2. The van der Waals surface area contributed by atoms with Crippen LogP contribution in [0.1, 0.15) is 5.69 Å². The summed E-state index contributed by atoms with van der Waals surface area (Å²) in [6.45, 7) is 0.514. The van der Waals surface area contributed by atoms with Crippen molar-refractivity contribution in [3.63, 3.8) is 0 Å². The molecule has 1 aromatic carbocycles. The molecule has 0 amide bonds. The highest BCUT2D eigenvalue weighted by Crippen LogP contribution is 2.26. The van der Waals surface area contributed by atoms with Crippen molar-refractivity contribution >= 4 is 27.3 Å². The van der Waals surface area contributed by atoms with Crippen molar-refractivity contribution in [2.75, 3.05) is 7.11 Å². The first-order valence-corrected chi connectivity index (χ1v) is 6.32. The van der Waals surface area contributed by atoms with E-state index in [4.69, 9.17) is 9.47 Å². The molecule has 5 heteroatoms. The second kappa shape index (κ2) is 5.43. The van der Waals surface area contributed by atoms with Crippen LogP contribution in [0.3, 0.4) is 0 Å². The predicted octanol–water partition coefficient (Wildman–Crippen LogP) is 3.84. The van der Waals surface area contributed by atoms with E-state index >= 15 is 0 Å². The highest BCUT2D eigenvalue weighted by atomic mass is 79.9. The molecule has 3 nitrogen and oxygen atoms in total. The number of rotatable bonds is 4. The number of nitrogens with zero attached hydrogens (tertiary/aromatic N) is 1. The molecule has 0 aliphatic rings. The van der Waals surface area contributed by atoms with Crippen LogP contribution < -0.4 is 4.74 Å². The number of halogens is 1. The molecule has 0 aliphatic carbocycles. The van der Waals surface area contributed by atoms with Gasteiger partial charge in [-0.3, -0.25) is 0 Å². The summed E-state index contributed by atoms with van der Waals surface area (Å²) < 4.78 is 11.6. The largest absolute Gasteiger partial charge is 0.431 e. The standard InChI is InChI=1S/C11H10BrNO2S/c1-14-6-9-7-16-11(13-9)15-10-4-2-8(12)3-5-10/h2-5,7H,6H2,1H3. The van der Waals surface area contributed by atoms with E-state index in [1.165, 1.54) is 11.3 Å². The highest BCUT2D eigenvalue weighted by molar-refractivity contribution is 9.10. The molecule has 0 atom stereocenters. The fraction of sp³-hybridized carbons (Fsp3) is 0.182. The summed E-state index contributed by atoms with van der Waals surface area (Å²) in [7, 11) is 1.65. The van der Waals surface area contributed by atoms with Crippen LogP contribution in [0, 0.1) is 0 Å². The van der Waals surface area contributed by atoms with Gasteiger partial charge in [0.1, 0.15) is 5.75 Å². The number of thiazole rings is 1. The normalized spacial score (nSPS) is 10.4. The van der Waals surface area contributed by atoms with Crippen LogP contribution in [-0.4, -0.2) is 12.1 Å². The molecule has 84 valence electrons. The van der Waals surface area contributed by atoms with Crippen molar-refractivity contribution in [2.24, 2.45) is 0 Å². The first-order valence-electron chi connectivity index (χ1n) is 4.64. The number of benzene rings is 1. The molecule has 0 aliphatic heterocycles. The average Bonchev–Trinajstić information content (AvgIpc) is 2.70. The molecule has 16 heavy (non-hydrogen) atoms. The summed E-state index contributed by atoms with van der Waals surface area (Å²) in [6.07, 6.45) is 0. The van der Waals surface area contributed by atoms with Crippen molar-refractivity contribution in [1.29, 1.82) is 0 Å². The van der Waals surface area contributed by atoms with E-state index < -0.39 is 0 Å². The number of aromatic nitrogens is 1. The molecular weight excluding hydrogens is 290 g/mol. The summed E-state index contributed by atoms with van der Waals surface area (Å²) in [4.78, 5) is 4.28. The van der Waals surface area contributed by atoms with Crippen molar-refractivity contribution in [1.82, 2.24) is 4.98 Å². The maximum atomic E-state index is 5.59. The lowest BCUT2D eigenvalue weighted by Crippen LogP contribution is -1.88. The molecule has 0 fully saturated rings. The van der Waals surface area contributed by atoms with Crippen molar-refractivity contribution in [2.45, 2.75) is 6.61 Å². The summed E-state index contributed by atoms with van der Waals surface area (Å²) in [5.41, 5.74) is 0.889. The summed E-state index contributed by atoms with van der Waals surface area (Å²) in [6, 6.07) is 7.64. The molecule has 1 heterocycles. The molecule has 0 radical (unpaired) electrons. The van der Waals surface area contributed by atoms with Gasteiger partial charge in [0.25, 0.3) is 5.19 Å². The van der Waals surface area contributed by atoms with Crippen molar-refractivity contribution in [3.05, 3.63) is 39.8 Å². The molecule has 0 bridgehead atoms. The molecule has 0 spiro atoms. The van der Waals surface area contributed by atoms with Gasteiger partial charge in [-0.2, -0.15) is 0 Å². The van der Waals surface area contributed by atoms with E-state index in [2.05, 4.69) is 20.9 Å². The van der Waals surface area contributed by atoms with Crippen LogP contribution >= 0.6 is 27.3 Å². The highest BCUT2D eigenvalue weighted by Gasteiger charge is 2.03. The number of hydrogen-bond acceptors (Lipinski definition) is 4. The Morgan fingerprint density at radius 1 is 1.31 bits per heavy atom. The Bertz CT molecular complexity index is 455. The molecule has 0 saturated carbocycles. The monoisotopic (exact) mass is 299 g/mol. The minimum atomic E-state index is 0.514. The van der Waals surface area contributed by atoms with Gasteiger partial charge < -0.3 is 9.47 Å². The fourth-order valence-electron chi connectivity index (χ4n) is 1.15. The lowest BCUT2D eigenvalue weighted by Gasteiger charge is -2.00. The van der Waals surface area contributed by atoms with Crippen LogP contribution in [0.2, 0.25) is 0 Å². The van der Waals surface area contributed by atoms with Crippen LogP contribution in [0.25, 0.3) is 0 Å². The van der Waals surface area contributed by atoms with E-state index in [1.807, 2.05) is 29.6 Å². The van der Waals surface area contributed by atoms with E-state index in [9.17, 15) is 0 Å². The SMILES string of the molecule is COCc1csc(Oc2ccc(Br)cc2)n1. The van der Waals surface area contributed by atoms with Gasteiger partial charge in [-0.15, -0.1) is 0 Å². The summed E-state index contributed by atoms with van der Waals surface area (Å²) in [5, 5.41) is 2.56. The Hall–Kier alpha value is -0.910. The average molecular weight is 300 g/mol. The molecule has 2 aromatic rings. The Morgan fingerprint density at radius 3 is 2.75 bits per heavy atom. The summed E-state index contributed by atoms with van der Waals surface area (Å²) >= 11 is 4.83. The third kappa shape index (κ3) is 3.04. The van der Waals surface area contributed by atoms with Gasteiger partial charge in [0.2, 0.25) is 0 Å². The van der Waals surface area contributed by atoms with Crippen LogP contribution in [0.15, 0.2) is 34.1 Å². The Morgan fingerprint density at radius 2 is 2.06 bits per heavy atom. The maximum absolute atomic E-state index is 5.59. The predicted molar refractivity (Wildman–Crippen MR) is 67.0 cm³/mol. The Labute approximate surface area is 106 Å². The minimum Gasteiger partial charge on any atom is -0.431 e. The first-order chi connectivity index (χ1) is 7.78. The molecular formula is C11H10BrNO2S. The second-order valence-corrected chi connectivity index (χ2v) is 4.83. The zero-order valence-corrected chi connectivity index (χ0v) is 11.0. The van der Waals surface area contributed by atoms with Gasteiger partial charge in [-0.25, -0.2) is 4.98 Å². The third-order valence-corrected chi connectivity index (χ3v) is 3.14. The smallest absolute Gasteiger partial charge is 0.278 e. The van der Waals surface area contributed by atoms with Gasteiger partial charge in [0, 0.05) is 17.0 Å². The number of hydrogen-bond donors (Lipinski definition) is 0. The Balaban J connectivity index is 2.05. The maximum Gasteiger partial charge on any atom is 0.278 e. The number of methoxy groups -OCH3 is 1. The van der Waals surface area contributed by atoms with E-state index in [0.29, 0.717) is 11.8 Å². The minimum absolute atomic E-state index is 0.514. The third-order valence-electron chi connectivity index (χ3n) is 1.84. The molecule has 0 unspecified atom stereocenters. The van der Waals surface area contributed by atoms with Gasteiger partial charge >= 0.3 is 0 Å². The molecule has 1 aromatic heterocycles. The van der Waals surface area contributed by atoms with E-state index in [0.717, 1.165) is 15.9 Å². The fourth-order valence-corrected chi connectivity index (χ4v) is 2.09. The molecule has 0 saturated heterocycles. The second-order valence-electron chi connectivity index (χ2n) is 3.09. The zero-order valence-electron chi connectivity index (χ0n) is 8.64. The lowest BCUT2D eigenvalue weighted by molar-refractivity contribution is 0.181. The van der Waals surface area contributed by atoms with Crippen LogP contribution in [0.4, 0.5) is 0 Å². The lowest BCUT2D eigenvalue weighted by atomic mass is 10.3. The van der Waals surface area contributed by atoms with Gasteiger partial charge in [-0.05, 0) is 24.3 Å². The van der Waals surface area contributed by atoms with E-state index in [1.54, 1.807) is 7.11 Å². The van der Waals surface area contributed by atoms with E-state index in [-0.39, 0.29) is 0 Å². The Kier molecular flexibility index (Phi) is 3.93. The summed E-state index contributed by atoms with van der Waals surface area (Å²) in [5.74, 6) is 0.779. The molecule has 0 N–H and O–H groups in total. The quantitative estimate of drug-likeness (QED) is 0.859. The van der Waals surface area contributed by atoms with Crippen LogP contribution in [-0.2, 0) is 11.3 Å². The zero-order chi connectivity index (χ0) is 11.4. The van der Waals surface area contributed by atoms with Crippen molar-refractivity contribution in [3.8, 4) is 10.9 Å². The van der Waals surface area contributed by atoms with Gasteiger partial charge in [0.05, 0.1) is 12.3 Å². The van der Waals surface area contributed by atoms with Gasteiger partial charge in [-0.1, -0.05) is 27.3 Å². The van der Waals surface area contributed by atoms with Gasteiger partial charge in [0.15, 0.2) is 0 Å². The van der Waals surface area contributed by atoms with Crippen LogP contribution in [0.5, 0.6) is 10.9 Å². The first kappa shape index (κ1) is 11.6. The molecule has 2 rings (SSSR count). The topological polar surface area (TPSA) is 31.4 Å². The van der Waals surface area contributed by atoms with Crippen molar-refractivity contribution < 1.29 is 9.47 Å².